The molecular weight excluding hydrogens is 556 g/mol. The first-order chi connectivity index (χ1) is 18.6. The maximum atomic E-state index is 13.3. The number of halogens is 1. The molecule has 0 aliphatic carbocycles. The second-order valence-corrected chi connectivity index (χ2v) is 12.7. The number of rotatable bonds is 9. The normalized spacial score (nSPS) is 12.4. The zero-order chi connectivity index (χ0) is 28.2. The monoisotopic (exact) mass is 580 g/mol. The fourth-order valence-corrected chi connectivity index (χ4v) is 6.78. The van der Waals surface area contributed by atoms with E-state index >= 15 is 0 Å². The van der Waals surface area contributed by atoms with Gasteiger partial charge in [-0.05, 0) is 54.6 Å². The van der Waals surface area contributed by atoms with Gasteiger partial charge in [0.05, 0.1) is 15.5 Å². The quantitative estimate of drug-likeness (QED) is 0.239. The molecule has 0 N–H and O–H groups in total. The average molecular weight is 581 g/mol. The van der Waals surface area contributed by atoms with Crippen molar-refractivity contribution in [3.05, 3.63) is 101 Å². The number of hydrogen-bond acceptors (Lipinski definition) is 6. The Bertz CT molecular complexity index is 1770. The van der Waals surface area contributed by atoms with Crippen LogP contribution in [-0.2, 0) is 19.9 Å². The highest BCUT2D eigenvalue weighted by molar-refractivity contribution is 7.95. The zero-order valence-corrected chi connectivity index (χ0v) is 23.6. The Morgan fingerprint density at radius 3 is 2.23 bits per heavy atom. The fraction of sp³-hybridized carbons (Fsp3) is 0.143. The summed E-state index contributed by atoms with van der Waals surface area (Å²) in [5.74, 6) is 0. The molecule has 0 aliphatic rings. The highest BCUT2D eigenvalue weighted by Gasteiger charge is 2.25. The van der Waals surface area contributed by atoms with E-state index in [9.17, 15) is 22.1 Å². The third kappa shape index (κ3) is 5.82. The summed E-state index contributed by atoms with van der Waals surface area (Å²) >= 11 is 5.91. The van der Waals surface area contributed by atoms with Gasteiger partial charge < -0.3 is 0 Å². The molecule has 0 saturated heterocycles. The van der Waals surface area contributed by atoms with Crippen molar-refractivity contribution in [1.82, 2.24) is 14.1 Å². The summed E-state index contributed by atoms with van der Waals surface area (Å²) in [5, 5.41) is 14.9. The molecule has 1 heterocycles. The minimum atomic E-state index is -4.17. The van der Waals surface area contributed by atoms with Gasteiger partial charge >= 0.3 is 0 Å². The minimum absolute atomic E-state index is 0.0796. The Hall–Kier alpha value is -3.75. The van der Waals surface area contributed by atoms with Crippen LogP contribution in [0.1, 0.15) is 19.4 Å². The summed E-state index contributed by atoms with van der Waals surface area (Å²) in [6, 6.07) is 22.8. The summed E-state index contributed by atoms with van der Waals surface area (Å²) in [7, 11) is -7.92. The second-order valence-electron chi connectivity index (χ2n) is 8.41. The predicted molar refractivity (Wildman–Crippen MR) is 151 cm³/mol. The van der Waals surface area contributed by atoms with Crippen LogP contribution in [0.15, 0.2) is 99.8 Å². The topological polar surface area (TPSA) is 113 Å². The molecule has 4 aromatic rings. The average Bonchev–Trinajstić information content (AvgIpc) is 3.37. The Labute approximate surface area is 233 Å². The highest BCUT2D eigenvalue weighted by atomic mass is 35.5. The Morgan fingerprint density at radius 2 is 1.62 bits per heavy atom. The van der Waals surface area contributed by atoms with Crippen molar-refractivity contribution >= 4 is 37.5 Å². The lowest BCUT2D eigenvalue weighted by Gasteiger charge is -2.18. The second kappa shape index (κ2) is 11.6. The number of nitriles is 1. The lowest BCUT2D eigenvalue weighted by molar-refractivity contribution is 0.445. The third-order valence-electron chi connectivity index (χ3n) is 6.02. The molecule has 0 fully saturated rings. The maximum Gasteiger partial charge on any atom is 0.243 e. The van der Waals surface area contributed by atoms with Gasteiger partial charge in [-0.15, -0.1) is 0 Å². The summed E-state index contributed by atoms with van der Waals surface area (Å²) in [6.07, 6.45) is 2.85. The number of para-hydroxylation sites is 1. The molecule has 11 heteroatoms. The third-order valence-corrected chi connectivity index (χ3v) is 10.0. The lowest BCUT2D eigenvalue weighted by atomic mass is 10.1. The van der Waals surface area contributed by atoms with Crippen LogP contribution in [0.5, 0.6) is 0 Å². The molecule has 8 nitrogen and oxygen atoms in total. The van der Waals surface area contributed by atoms with Crippen molar-refractivity contribution in [2.45, 2.75) is 23.6 Å². The number of aromatic nitrogens is 2. The van der Waals surface area contributed by atoms with Crippen LogP contribution >= 0.6 is 11.6 Å². The van der Waals surface area contributed by atoms with E-state index in [2.05, 4.69) is 5.10 Å². The zero-order valence-electron chi connectivity index (χ0n) is 21.2. The van der Waals surface area contributed by atoms with Gasteiger partial charge in [-0.1, -0.05) is 55.8 Å². The van der Waals surface area contributed by atoms with Crippen LogP contribution in [-0.4, -0.2) is 44.0 Å². The van der Waals surface area contributed by atoms with Gasteiger partial charge in [-0.25, -0.2) is 21.5 Å². The van der Waals surface area contributed by atoms with Crippen LogP contribution in [0.2, 0.25) is 5.02 Å². The van der Waals surface area contributed by atoms with E-state index in [-0.39, 0.29) is 9.79 Å². The number of sulfone groups is 1. The molecule has 1 aromatic heterocycles. The van der Waals surface area contributed by atoms with Crippen LogP contribution in [0.3, 0.4) is 0 Å². The minimum Gasteiger partial charge on any atom is -0.240 e. The van der Waals surface area contributed by atoms with Crippen molar-refractivity contribution in [1.29, 1.82) is 5.26 Å². The van der Waals surface area contributed by atoms with Gasteiger partial charge in [0.1, 0.15) is 16.7 Å². The maximum absolute atomic E-state index is 13.3. The molecule has 0 saturated carbocycles. The fourth-order valence-electron chi connectivity index (χ4n) is 4.00. The first-order valence-corrected chi connectivity index (χ1v) is 15.3. The van der Waals surface area contributed by atoms with Crippen LogP contribution in [0.4, 0.5) is 0 Å². The standard InChI is InChI=1S/C28H25ClN4O4S2/c1-3-32(4-2)39(36,37)26-12-8-9-21(17-26)28-22(20-33(31-28)24-10-6-5-7-11-24)18-27(19-30)38(34,35)25-15-13-23(29)14-16-25/h5-18,20H,3-4H2,1-2H3/b27-18+. The van der Waals surface area contributed by atoms with E-state index in [1.165, 1.54) is 46.8 Å². The smallest absolute Gasteiger partial charge is 0.240 e. The first kappa shape index (κ1) is 28.3. The lowest BCUT2D eigenvalue weighted by Crippen LogP contribution is -2.30. The molecule has 0 spiro atoms. The van der Waals surface area contributed by atoms with E-state index in [0.29, 0.717) is 40.6 Å². The Morgan fingerprint density at radius 1 is 0.949 bits per heavy atom. The van der Waals surface area contributed by atoms with Crippen LogP contribution in [0, 0.1) is 11.3 Å². The molecule has 0 amide bonds. The van der Waals surface area contributed by atoms with E-state index < -0.39 is 24.8 Å². The molecule has 39 heavy (non-hydrogen) atoms. The molecular formula is C28H25ClN4O4S2. The van der Waals surface area contributed by atoms with Crippen molar-refractivity contribution in [2.24, 2.45) is 0 Å². The van der Waals surface area contributed by atoms with Gasteiger partial charge in [0, 0.05) is 35.4 Å². The molecule has 4 rings (SSSR count). The summed E-state index contributed by atoms with van der Waals surface area (Å²) in [6.45, 7) is 4.15. The number of hydrogen-bond donors (Lipinski definition) is 0. The highest BCUT2D eigenvalue weighted by Crippen LogP contribution is 2.30. The van der Waals surface area contributed by atoms with Gasteiger partial charge in [0.15, 0.2) is 0 Å². The van der Waals surface area contributed by atoms with Crippen molar-refractivity contribution in [3.8, 4) is 23.0 Å². The van der Waals surface area contributed by atoms with Gasteiger partial charge in [-0.3, -0.25) is 0 Å². The van der Waals surface area contributed by atoms with Crippen molar-refractivity contribution in [2.75, 3.05) is 13.1 Å². The Kier molecular flexibility index (Phi) is 8.37. The molecule has 0 bridgehead atoms. The van der Waals surface area contributed by atoms with E-state index in [1.807, 2.05) is 30.3 Å². The SMILES string of the molecule is CCN(CC)S(=O)(=O)c1cccc(-c2nn(-c3ccccc3)cc2/C=C(\C#N)S(=O)(=O)c2ccc(Cl)cc2)c1. The van der Waals surface area contributed by atoms with Crippen molar-refractivity contribution in [3.63, 3.8) is 0 Å². The largest absolute Gasteiger partial charge is 0.243 e. The number of allylic oxidation sites excluding steroid dienone is 1. The Balaban J connectivity index is 1.91. The first-order valence-electron chi connectivity index (χ1n) is 12.0. The molecule has 0 radical (unpaired) electrons. The number of sulfonamides is 1. The van der Waals surface area contributed by atoms with E-state index in [0.717, 1.165) is 0 Å². The van der Waals surface area contributed by atoms with Gasteiger partial charge in [0.2, 0.25) is 19.9 Å². The van der Waals surface area contributed by atoms with Gasteiger partial charge in [-0.2, -0.15) is 14.7 Å². The van der Waals surface area contributed by atoms with E-state index in [1.54, 1.807) is 42.9 Å². The molecule has 0 atom stereocenters. The number of benzene rings is 3. The summed E-state index contributed by atoms with van der Waals surface area (Å²) in [5.41, 5.74) is 1.79. The summed E-state index contributed by atoms with van der Waals surface area (Å²) < 4.78 is 55.8. The van der Waals surface area contributed by atoms with E-state index in [4.69, 9.17) is 11.6 Å². The number of nitrogens with zero attached hydrogens (tertiary/aromatic N) is 4. The molecule has 0 unspecified atom stereocenters. The molecule has 200 valence electrons. The van der Waals surface area contributed by atoms with Crippen LogP contribution < -0.4 is 0 Å². The van der Waals surface area contributed by atoms with Crippen LogP contribution in [0.25, 0.3) is 23.0 Å². The summed E-state index contributed by atoms with van der Waals surface area (Å²) in [4.78, 5) is -0.489. The van der Waals surface area contributed by atoms with Crippen molar-refractivity contribution < 1.29 is 16.8 Å². The molecule has 3 aromatic carbocycles. The molecule has 0 aliphatic heterocycles. The predicted octanol–water partition coefficient (Wildman–Crippen LogP) is 5.56. The van der Waals surface area contributed by atoms with Gasteiger partial charge in [0.25, 0.3) is 0 Å².